The van der Waals surface area contributed by atoms with E-state index in [2.05, 4.69) is 24.1 Å². The Hall–Kier alpha value is -0.610. The lowest BCUT2D eigenvalue weighted by atomic mass is 9.78. The number of ether oxygens (including phenoxy) is 1. The Labute approximate surface area is 117 Å². The van der Waals surface area contributed by atoms with E-state index >= 15 is 0 Å². The first-order chi connectivity index (χ1) is 8.89. The highest BCUT2D eigenvalue weighted by molar-refractivity contribution is 5.80. The molecule has 19 heavy (non-hydrogen) atoms. The summed E-state index contributed by atoms with van der Waals surface area (Å²) in [5.74, 6) is -0.168. The van der Waals surface area contributed by atoms with Crippen molar-refractivity contribution < 1.29 is 9.53 Å². The predicted molar refractivity (Wildman–Crippen MR) is 78.2 cm³/mol. The van der Waals surface area contributed by atoms with Gasteiger partial charge in [0.25, 0.3) is 0 Å². The van der Waals surface area contributed by atoms with Gasteiger partial charge in [-0.15, -0.1) is 0 Å². The number of carbonyl (C=O) groups excluding carboxylic acids is 1. The van der Waals surface area contributed by atoms with Crippen LogP contribution in [-0.4, -0.2) is 49.7 Å². The van der Waals surface area contributed by atoms with Crippen molar-refractivity contribution in [3.63, 3.8) is 0 Å². The van der Waals surface area contributed by atoms with Gasteiger partial charge in [0, 0.05) is 6.54 Å². The molecule has 0 bridgehead atoms. The lowest BCUT2D eigenvalue weighted by Crippen LogP contribution is -2.58. The van der Waals surface area contributed by atoms with Gasteiger partial charge in [0.1, 0.15) is 5.54 Å². The Kier molecular flexibility index (Phi) is 5.81. The van der Waals surface area contributed by atoms with Gasteiger partial charge in [-0.25, -0.2) is 0 Å². The Morgan fingerprint density at radius 1 is 1.37 bits per heavy atom. The van der Waals surface area contributed by atoms with E-state index in [0.29, 0.717) is 5.41 Å². The first kappa shape index (κ1) is 16.4. The molecule has 1 heterocycles. The number of rotatable bonds is 6. The van der Waals surface area contributed by atoms with E-state index in [1.165, 1.54) is 26.4 Å². The maximum Gasteiger partial charge on any atom is 0.327 e. The van der Waals surface area contributed by atoms with Crippen LogP contribution in [0.3, 0.4) is 0 Å². The van der Waals surface area contributed by atoms with Crippen molar-refractivity contribution in [3.8, 4) is 0 Å². The Bertz CT molecular complexity index is 299. The van der Waals surface area contributed by atoms with Gasteiger partial charge in [-0.3, -0.25) is 4.79 Å². The van der Waals surface area contributed by atoms with Crippen LogP contribution in [0.4, 0.5) is 0 Å². The van der Waals surface area contributed by atoms with E-state index in [1.807, 2.05) is 13.8 Å². The summed E-state index contributed by atoms with van der Waals surface area (Å²) in [6, 6.07) is 0. The second-order valence-corrected chi connectivity index (χ2v) is 6.29. The van der Waals surface area contributed by atoms with Gasteiger partial charge in [0.2, 0.25) is 0 Å². The molecule has 4 heteroatoms. The number of methoxy groups -OCH3 is 1. The van der Waals surface area contributed by atoms with Gasteiger partial charge in [0.05, 0.1) is 7.11 Å². The molecule has 0 radical (unpaired) electrons. The van der Waals surface area contributed by atoms with Gasteiger partial charge >= 0.3 is 5.97 Å². The Morgan fingerprint density at radius 2 is 1.95 bits per heavy atom. The van der Waals surface area contributed by atoms with Gasteiger partial charge in [-0.2, -0.15) is 0 Å². The number of likely N-dealkylation sites (N-methyl/N-ethyl adjacent to an activating group) is 1. The zero-order valence-corrected chi connectivity index (χ0v) is 13.2. The van der Waals surface area contributed by atoms with Crippen molar-refractivity contribution in [2.45, 2.75) is 52.5 Å². The molecule has 0 amide bonds. The monoisotopic (exact) mass is 270 g/mol. The van der Waals surface area contributed by atoms with E-state index in [-0.39, 0.29) is 5.97 Å². The van der Waals surface area contributed by atoms with Crippen LogP contribution in [0.1, 0.15) is 47.0 Å². The maximum atomic E-state index is 12.0. The van der Waals surface area contributed by atoms with Crippen molar-refractivity contribution in [2.75, 3.05) is 33.3 Å². The van der Waals surface area contributed by atoms with Crippen LogP contribution in [0.2, 0.25) is 0 Å². The third-order valence-corrected chi connectivity index (χ3v) is 4.66. The standard InChI is InChI=1S/C15H30N2O2/c1-6-14(3)8-10-17(11-9-14)12-15(4,16-7-2)13(18)19-5/h16H,6-12H2,1-5H3. The van der Waals surface area contributed by atoms with Gasteiger partial charge in [-0.05, 0) is 44.8 Å². The molecular weight excluding hydrogens is 240 g/mol. The average molecular weight is 270 g/mol. The molecule has 1 aliphatic heterocycles. The molecule has 112 valence electrons. The third-order valence-electron chi connectivity index (χ3n) is 4.66. The van der Waals surface area contributed by atoms with Gasteiger partial charge in [-0.1, -0.05) is 27.2 Å². The van der Waals surface area contributed by atoms with E-state index in [0.717, 1.165) is 26.2 Å². The highest BCUT2D eigenvalue weighted by Crippen LogP contribution is 2.34. The normalized spacial score (nSPS) is 22.8. The zero-order valence-electron chi connectivity index (χ0n) is 13.2. The number of hydrogen-bond acceptors (Lipinski definition) is 4. The average Bonchev–Trinajstić information content (AvgIpc) is 2.41. The van der Waals surface area contributed by atoms with E-state index in [1.54, 1.807) is 0 Å². The Morgan fingerprint density at radius 3 is 2.37 bits per heavy atom. The molecule has 0 aromatic carbocycles. The van der Waals surface area contributed by atoms with Crippen LogP contribution >= 0.6 is 0 Å². The maximum absolute atomic E-state index is 12.0. The molecular formula is C15H30N2O2. The van der Waals surface area contributed by atoms with Crippen LogP contribution in [0.15, 0.2) is 0 Å². The van der Waals surface area contributed by atoms with Crippen molar-refractivity contribution in [2.24, 2.45) is 5.41 Å². The Balaban J connectivity index is 2.60. The molecule has 1 atom stereocenters. The van der Waals surface area contributed by atoms with Crippen LogP contribution in [0.5, 0.6) is 0 Å². The summed E-state index contributed by atoms with van der Waals surface area (Å²) in [6.07, 6.45) is 3.67. The number of nitrogens with zero attached hydrogens (tertiary/aromatic N) is 1. The fourth-order valence-electron chi connectivity index (χ4n) is 2.86. The molecule has 0 saturated carbocycles. The van der Waals surface area contributed by atoms with Gasteiger partial charge < -0.3 is 15.0 Å². The molecule has 1 aliphatic rings. The van der Waals surface area contributed by atoms with Crippen molar-refractivity contribution in [1.29, 1.82) is 0 Å². The van der Waals surface area contributed by atoms with Crippen molar-refractivity contribution >= 4 is 5.97 Å². The summed E-state index contributed by atoms with van der Waals surface area (Å²) < 4.78 is 4.94. The largest absolute Gasteiger partial charge is 0.468 e. The summed E-state index contributed by atoms with van der Waals surface area (Å²) in [4.78, 5) is 14.4. The number of carbonyl (C=O) groups is 1. The lowest BCUT2D eigenvalue weighted by Gasteiger charge is -2.42. The van der Waals surface area contributed by atoms with E-state index in [9.17, 15) is 4.79 Å². The molecule has 0 aliphatic carbocycles. The number of likely N-dealkylation sites (tertiary alicyclic amines) is 1. The molecule has 4 nitrogen and oxygen atoms in total. The minimum Gasteiger partial charge on any atom is -0.468 e. The SMILES string of the molecule is CCNC(C)(CN1CCC(C)(CC)CC1)C(=O)OC. The number of esters is 1. The second kappa shape index (κ2) is 6.71. The summed E-state index contributed by atoms with van der Waals surface area (Å²) in [5, 5.41) is 3.28. The first-order valence-corrected chi connectivity index (χ1v) is 7.45. The zero-order chi connectivity index (χ0) is 14.5. The minimum atomic E-state index is -0.594. The molecule has 1 fully saturated rings. The predicted octanol–water partition coefficient (Wildman–Crippen LogP) is 2.04. The molecule has 1 N–H and O–H groups in total. The van der Waals surface area contributed by atoms with Crippen LogP contribution in [-0.2, 0) is 9.53 Å². The fraction of sp³-hybridized carbons (Fsp3) is 0.933. The van der Waals surface area contributed by atoms with E-state index in [4.69, 9.17) is 4.74 Å². The summed E-state index contributed by atoms with van der Waals surface area (Å²) in [7, 11) is 1.46. The second-order valence-electron chi connectivity index (χ2n) is 6.29. The summed E-state index contributed by atoms with van der Waals surface area (Å²) in [6.45, 7) is 12.2. The number of nitrogens with one attached hydrogen (secondary N) is 1. The molecule has 1 unspecified atom stereocenters. The lowest BCUT2D eigenvalue weighted by molar-refractivity contribution is -0.149. The molecule has 0 spiro atoms. The summed E-state index contributed by atoms with van der Waals surface area (Å²) in [5.41, 5.74) is -0.111. The highest BCUT2D eigenvalue weighted by Gasteiger charge is 2.37. The number of piperidine rings is 1. The molecule has 1 saturated heterocycles. The molecule has 0 aromatic rings. The fourth-order valence-corrected chi connectivity index (χ4v) is 2.86. The van der Waals surface area contributed by atoms with Crippen LogP contribution in [0.25, 0.3) is 0 Å². The van der Waals surface area contributed by atoms with Crippen LogP contribution in [0, 0.1) is 5.41 Å². The topological polar surface area (TPSA) is 41.6 Å². The van der Waals surface area contributed by atoms with Crippen molar-refractivity contribution in [3.05, 3.63) is 0 Å². The number of hydrogen-bond donors (Lipinski definition) is 1. The van der Waals surface area contributed by atoms with Crippen molar-refractivity contribution in [1.82, 2.24) is 10.2 Å². The quantitative estimate of drug-likeness (QED) is 0.750. The van der Waals surface area contributed by atoms with E-state index < -0.39 is 5.54 Å². The molecule has 1 rings (SSSR count). The third kappa shape index (κ3) is 4.18. The molecule has 0 aromatic heterocycles. The van der Waals surface area contributed by atoms with Crippen LogP contribution < -0.4 is 5.32 Å². The minimum absolute atomic E-state index is 0.168. The smallest absolute Gasteiger partial charge is 0.327 e. The van der Waals surface area contributed by atoms with Gasteiger partial charge in [0.15, 0.2) is 0 Å². The summed E-state index contributed by atoms with van der Waals surface area (Å²) >= 11 is 0. The highest BCUT2D eigenvalue weighted by atomic mass is 16.5. The first-order valence-electron chi connectivity index (χ1n) is 7.45.